The molecular formula is C13H20N4O. The molecule has 1 fully saturated rings. The maximum absolute atomic E-state index is 11.8. The van der Waals surface area contributed by atoms with E-state index in [1.54, 1.807) is 0 Å². The summed E-state index contributed by atoms with van der Waals surface area (Å²) in [6.45, 7) is 0.686. The van der Waals surface area contributed by atoms with Crippen molar-refractivity contribution in [3.8, 4) is 0 Å². The van der Waals surface area contributed by atoms with Crippen molar-refractivity contribution in [2.75, 3.05) is 12.3 Å². The minimum absolute atomic E-state index is 0.186. The standard InChI is InChI=1S/C13H20N4O/c14-12-11(15-8-9-16-12)13(18)17-7-3-6-10-4-1-2-5-10/h8-10H,1-7H2,(H2,14,16)(H,17,18). The smallest absolute Gasteiger partial charge is 0.273 e. The molecule has 1 saturated carbocycles. The molecule has 3 N–H and O–H groups in total. The summed E-state index contributed by atoms with van der Waals surface area (Å²) in [7, 11) is 0. The van der Waals surface area contributed by atoms with Gasteiger partial charge in [0.05, 0.1) is 0 Å². The maximum Gasteiger partial charge on any atom is 0.273 e. The first-order valence-corrected chi connectivity index (χ1v) is 6.62. The number of nitrogens with two attached hydrogens (primary N) is 1. The third-order valence-electron chi connectivity index (χ3n) is 3.49. The summed E-state index contributed by atoms with van der Waals surface area (Å²) in [6, 6.07) is 0. The van der Waals surface area contributed by atoms with Gasteiger partial charge in [0.2, 0.25) is 0 Å². The van der Waals surface area contributed by atoms with Gasteiger partial charge in [-0.25, -0.2) is 9.97 Å². The molecule has 5 heteroatoms. The van der Waals surface area contributed by atoms with Crippen molar-refractivity contribution < 1.29 is 4.79 Å². The summed E-state index contributed by atoms with van der Waals surface area (Å²) in [5.74, 6) is 0.821. The number of nitrogens with zero attached hydrogens (tertiary/aromatic N) is 2. The Morgan fingerprint density at radius 3 is 2.78 bits per heavy atom. The highest BCUT2D eigenvalue weighted by Gasteiger charge is 2.15. The summed E-state index contributed by atoms with van der Waals surface area (Å²) < 4.78 is 0. The Kier molecular flexibility index (Phi) is 4.50. The zero-order valence-corrected chi connectivity index (χ0v) is 10.6. The van der Waals surface area contributed by atoms with Gasteiger partial charge in [0, 0.05) is 18.9 Å². The lowest BCUT2D eigenvalue weighted by Crippen LogP contribution is -2.26. The largest absolute Gasteiger partial charge is 0.382 e. The molecule has 5 nitrogen and oxygen atoms in total. The van der Waals surface area contributed by atoms with Crippen LogP contribution in [0.2, 0.25) is 0 Å². The topological polar surface area (TPSA) is 80.9 Å². The van der Waals surface area contributed by atoms with Crippen molar-refractivity contribution in [1.82, 2.24) is 15.3 Å². The van der Waals surface area contributed by atoms with Crippen molar-refractivity contribution in [2.24, 2.45) is 5.92 Å². The van der Waals surface area contributed by atoms with Crippen LogP contribution in [0.4, 0.5) is 5.82 Å². The molecule has 0 unspecified atom stereocenters. The lowest BCUT2D eigenvalue weighted by Gasteiger charge is -2.09. The van der Waals surface area contributed by atoms with Crippen LogP contribution in [0.25, 0.3) is 0 Å². The quantitative estimate of drug-likeness (QED) is 0.778. The summed E-state index contributed by atoms with van der Waals surface area (Å²) in [6.07, 6.45) is 10.6. The van der Waals surface area contributed by atoms with E-state index >= 15 is 0 Å². The Bertz CT molecular complexity index is 402. The Morgan fingerprint density at radius 1 is 1.33 bits per heavy atom. The minimum atomic E-state index is -0.230. The third-order valence-corrected chi connectivity index (χ3v) is 3.49. The maximum atomic E-state index is 11.8. The molecule has 0 aromatic carbocycles. The van der Waals surface area contributed by atoms with Crippen LogP contribution in [0.5, 0.6) is 0 Å². The van der Waals surface area contributed by atoms with Gasteiger partial charge < -0.3 is 11.1 Å². The van der Waals surface area contributed by atoms with E-state index in [1.165, 1.54) is 44.5 Å². The van der Waals surface area contributed by atoms with Gasteiger partial charge in [-0.05, 0) is 18.8 Å². The van der Waals surface area contributed by atoms with Gasteiger partial charge in [-0.2, -0.15) is 0 Å². The highest BCUT2D eigenvalue weighted by atomic mass is 16.1. The molecule has 1 aliphatic carbocycles. The van der Waals surface area contributed by atoms with E-state index in [-0.39, 0.29) is 17.4 Å². The average Bonchev–Trinajstić information content (AvgIpc) is 2.88. The summed E-state index contributed by atoms with van der Waals surface area (Å²) in [5, 5.41) is 2.84. The SMILES string of the molecule is Nc1nccnc1C(=O)NCCCC1CCCC1. The fourth-order valence-electron chi connectivity index (χ4n) is 2.50. The van der Waals surface area contributed by atoms with Gasteiger partial charge in [0.15, 0.2) is 11.5 Å². The zero-order valence-electron chi connectivity index (χ0n) is 10.6. The van der Waals surface area contributed by atoms with Crippen molar-refractivity contribution in [2.45, 2.75) is 38.5 Å². The number of hydrogen-bond donors (Lipinski definition) is 2. The van der Waals surface area contributed by atoms with E-state index < -0.39 is 0 Å². The number of amides is 1. The molecule has 1 aromatic rings. The normalized spacial score (nSPS) is 15.8. The molecular weight excluding hydrogens is 228 g/mol. The molecule has 0 saturated heterocycles. The van der Waals surface area contributed by atoms with Crippen LogP contribution in [0.1, 0.15) is 49.0 Å². The summed E-state index contributed by atoms with van der Waals surface area (Å²) >= 11 is 0. The molecule has 0 bridgehead atoms. The first kappa shape index (κ1) is 12.8. The van der Waals surface area contributed by atoms with Crippen LogP contribution < -0.4 is 11.1 Å². The van der Waals surface area contributed by atoms with Crippen LogP contribution in [-0.2, 0) is 0 Å². The second kappa shape index (κ2) is 6.33. The Labute approximate surface area is 107 Å². The third kappa shape index (κ3) is 3.42. The van der Waals surface area contributed by atoms with Crippen molar-refractivity contribution in [1.29, 1.82) is 0 Å². The molecule has 0 radical (unpaired) electrons. The molecule has 1 heterocycles. The number of aromatic nitrogens is 2. The molecule has 0 aliphatic heterocycles. The molecule has 98 valence electrons. The molecule has 1 amide bonds. The predicted octanol–water partition coefficient (Wildman–Crippen LogP) is 1.76. The first-order chi connectivity index (χ1) is 8.77. The van der Waals surface area contributed by atoms with Crippen LogP contribution in [0.3, 0.4) is 0 Å². The zero-order chi connectivity index (χ0) is 12.8. The number of nitrogens with one attached hydrogen (secondary N) is 1. The lowest BCUT2D eigenvalue weighted by atomic mass is 10.0. The van der Waals surface area contributed by atoms with Gasteiger partial charge in [0.1, 0.15) is 0 Å². The number of rotatable bonds is 5. The minimum Gasteiger partial charge on any atom is -0.382 e. The lowest BCUT2D eigenvalue weighted by molar-refractivity contribution is 0.0948. The van der Waals surface area contributed by atoms with Crippen molar-refractivity contribution >= 4 is 11.7 Å². The monoisotopic (exact) mass is 248 g/mol. The van der Waals surface area contributed by atoms with E-state index in [4.69, 9.17) is 5.73 Å². The Hall–Kier alpha value is -1.65. The van der Waals surface area contributed by atoms with E-state index in [0.717, 1.165) is 12.3 Å². The Morgan fingerprint density at radius 2 is 2.06 bits per heavy atom. The fraction of sp³-hybridized carbons (Fsp3) is 0.615. The number of anilines is 1. The van der Waals surface area contributed by atoms with Gasteiger partial charge in [-0.3, -0.25) is 4.79 Å². The highest BCUT2D eigenvalue weighted by Crippen LogP contribution is 2.28. The second-order valence-electron chi connectivity index (χ2n) is 4.84. The number of carbonyl (C=O) groups excluding carboxylic acids is 1. The van der Waals surface area contributed by atoms with Crippen LogP contribution in [0, 0.1) is 5.92 Å². The molecule has 0 spiro atoms. The summed E-state index contributed by atoms with van der Waals surface area (Å²) in [5.41, 5.74) is 5.81. The van der Waals surface area contributed by atoms with Crippen LogP contribution >= 0.6 is 0 Å². The fourth-order valence-corrected chi connectivity index (χ4v) is 2.50. The van der Waals surface area contributed by atoms with Gasteiger partial charge >= 0.3 is 0 Å². The molecule has 18 heavy (non-hydrogen) atoms. The van der Waals surface area contributed by atoms with E-state index in [9.17, 15) is 4.79 Å². The molecule has 1 aromatic heterocycles. The predicted molar refractivity (Wildman–Crippen MR) is 70.0 cm³/mol. The highest BCUT2D eigenvalue weighted by molar-refractivity contribution is 5.96. The van der Waals surface area contributed by atoms with E-state index in [1.807, 2.05) is 0 Å². The van der Waals surface area contributed by atoms with Crippen LogP contribution in [0.15, 0.2) is 12.4 Å². The average molecular weight is 248 g/mol. The van der Waals surface area contributed by atoms with Crippen molar-refractivity contribution in [3.05, 3.63) is 18.1 Å². The number of hydrogen-bond acceptors (Lipinski definition) is 4. The Balaban J connectivity index is 1.70. The molecule has 2 rings (SSSR count). The summed E-state index contributed by atoms with van der Waals surface area (Å²) in [4.78, 5) is 19.5. The number of carbonyl (C=O) groups is 1. The van der Waals surface area contributed by atoms with Crippen LogP contribution in [-0.4, -0.2) is 22.4 Å². The number of nitrogen functional groups attached to an aromatic ring is 1. The second-order valence-corrected chi connectivity index (χ2v) is 4.84. The van der Waals surface area contributed by atoms with Gasteiger partial charge in [0.25, 0.3) is 5.91 Å². The van der Waals surface area contributed by atoms with Gasteiger partial charge in [-0.15, -0.1) is 0 Å². The van der Waals surface area contributed by atoms with E-state index in [0.29, 0.717) is 6.54 Å². The van der Waals surface area contributed by atoms with Crippen molar-refractivity contribution in [3.63, 3.8) is 0 Å². The molecule has 0 atom stereocenters. The molecule has 1 aliphatic rings. The van der Waals surface area contributed by atoms with Gasteiger partial charge in [-0.1, -0.05) is 25.7 Å². The van der Waals surface area contributed by atoms with E-state index in [2.05, 4.69) is 15.3 Å². The first-order valence-electron chi connectivity index (χ1n) is 6.62.